The molecular weight excluding hydrogens is 246 g/mol. The Balaban J connectivity index is 1.96. The molecule has 1 aliphatic heterocycles. The molecule has 0 bridgehead atoms. The van der Waals surface area contributed by atoms with Crippen molar-refractivity contribution in [1.82, 2.24) is 4.90 Å². The minimum absolute atomic E-state index is 0.185. The minimum Gasteiger partial charge on any atom is -0.327 e. The fraction of sp³-hybridized carbons (Fsp3) is 0.500. The quantitative estimate of drug-likeness (QED) is 0.850. The topological polar surface area (TPSA) is 53.0 Å². The Kier molecular flexibility index (Phi) is 4.60. The summed E-state index contributed by atoms with van der Waals surface area (Å²) in [6.45, 7) is 2.28. The van der Waals surface area contributed by atoms with Crippen LogP contribution in [0.3, 0.4) is 0 Å². The van der Waals surface area contributed by atoms with Gasteiger partial charge in [-0.05, 0) is 36.5 Å². The molecule has 0 aliphatic carbocycles. The van der Waals surface area contributed by atoms with Crippen molar-refractivity contribution in [2.75, 3.05) is 19.6 Å². The first-order valence-corrected chi connectivity index (χ1v) is 6.64. The summed E-state index contributed by atoms with van der Waals surface area (Å²) in [4.78, 5) is 2.15. The lowest BCUT2D eigenvalue weighted by molar-refractivity contribution is 0.172. The molecule has 0 aromatic heterocycles. The normalized spacial score (nSPS) is 24.7. The van der Waals surface area contributed by atoms with E-state index >= 15 is 0 Å². The summed E-state index contributed by atoms with van der Waals surface area (Å²) in [6.07, 6.45) is 2.04. The molecule has 2 N–H and O–H groups in total. The van der Waals surface area contributed by atoms with Crippen LogP contribution in [0.2, 0.25) is 5.02 Å². The largest absolute Gasteiger partial charge is 0.327 e. The SMILES string of the molecule is N#CCN1CC(N)CC(Cc2ccc(Cl)cc2)C1. The summed E-state index contributed by atoms with van der Waals surface area (Å²) in [5, 5.41) is 9.53. The second-order valence-corrected chi connectivity index (χ2v) is 5.48. The van der Waals surface area contributed by atoms with Crippen molar-refractivity contribution < 1.29 is 0 Å². The molecule has 1 heterocycles. The zero-order chi connectivity index (χ0) is 13.0. The van der Waals surface area contributed by atoms with E-state index in [9.17, 15) is 0 Å². The molecule has 0 radical (unpaired) electrons. The van der Waals surface area contributed by atoms with Gasteiger partial charge in [0.1, 0.15) is 0 Å². The first-order valence-electron chi connectivity index (χ1n) is 6.26. The standard InChI is InChI=1S/C14H18ClN3/c15-13-3-1-11(2-4-13)7-12-8-14(17)10-18(9-12)6-5-16/h1-4,12,14H,6-10,17H2. The van der Waals surface area contributed by atoms with Gasteiger partial charge < -0.3 is 5.73 Å². The highest BCUT2D eigenvalue weighted by Crippen LogP contribution is 2.21. The van der Waals surface area contributed by atoms with E-state index in [0.29, 0.717) is 12.5 Å². The van der Waals surface area contributed by atoms with Crippen LogP contribution < -0.4 is 5.73 Å². The highest BCUT2D eigenvalue weighted by Gasteiger charge is 2.24. The number of piperidine rings is 1. The van der Waals surface area contributed by atoms with Crippen molar-refractivity contribution in [2.24, 2.45) is 11.7 Å². The Bertz CT molecular complexity index is 424. The van der Waals surface area contributed by atoms with E-state index in [1.165, 1.54) is 5.56 Å². The number of hydrogen-bond acceptors (Lipinski definition) is 3. The first kappa shape index (κ1) is 13.4. The van der Waals surface area contributed by atoms with Crippen molar-refractivity contribution in [3.8, 4) is 6.07 Å². The van der Waals surface area contributed by atoms with Crippen molar-refractivity contribution in [1.29, 1.82) is 5.26 Å². The zero-order valence-corrected chi connectivity index (χ0v) is 11.1. The molecule has 96 valence electrons. The van der Waals surface area contributed by atoms with Crippen LogP contribution in [0.25, 0.3) is 0 Å². The number of nitrogens with zero attached hydrogens (tertiary/aromatic N) is 2. The van der Waals surface area contributed by atoms with Crippen LogP contribution in [-0.4, -0.2) is 30.6 Å². The molecule has 2 unspecified atom stereocenters. The van der Waals surface area contributed by atoms with Crippen LogP contribution in [0.15, 0.2) is 24.3 Å². The number of benzene rings is 1. The van der Waals surface area contributed by atoms with Crippen LogP contribution >= 0.6 is 11.6 Å². The molecular formula is C14H18ClN3. The third-order valence-corrected chi connectivity index (χ3v) is 3.63. The third-order valence-electron chi connectivity index (χ3n) is 3.38. The Hall–Kier alpha value is -1.08. The van der Waals surface area contributed by atoms with Gasteiger partial charge >= 0.3 is 0 Å². The maximum atomic E-state index is 8.76. The van der Waals surface area contributed by atoms with Crippen molar-refractivity contribution >= 4 is 11.6 Å². The number of hydrogen-bond donors (Lipinski definition) is 1. The third kappa shape index (κ3) is 3.71. The van der Waals surface area contributed by atoms with E-state index in [-0.39, 0.29) is 6.04 Å². The van der Waals surface area contributed by atoms with E-state index in [2.05, 4.69) is 23.1 Å². The second kappa shape index (κ2) is 6.19. The van der Waals surface area contributed by atoms with Crippen LogP contribution in [-0.2, 0) is 6.42 Å². The van der Waals surface area contributed by atoms with Gasteiger partial charge in [0, 0.05) is 24.2 Å². The van der Waals surface area contributed by atoms with Gasteiger partial charge in [-0.3, -0.25) is 4.90 Å². The first-order chi connectivity index (χ1) is 8.67. The number of likely N-dealkylation sites (tertiary alicyclic amines) is 1. The lowest BCUT2D eigenvalue weighted by atomic mass is 9.89. The van der Waals surface area contributed by atoms with Crippen LogP contribution in [0, 0.1) is 17.2 Å². The number of halogens is 1. The Morgan fingerprint density at radius 2 is 2.06 bits per heavy atom. The van der Waals surface area contributed by atoms with Gasteiger partial charge in [0.2, 0.25) is 0 Å². The molecule has 1 aromatic rings. The van der Waals surface area contributed by atoms with Gasteiger partial charge in [0.25, 0.3) is 0 Å². The fourth-order valence-electron chi connectivity index (χ4n) is 2.68. The molecule has 0 saturated carbocycles. The maximum absolute atomic E-state index is 8.76. The molecule has 2 rings (SSSR count). The fourth-order valence-corrected chi connectivity index (χ4v) is 2.81. The molecule has 1 aliphatic rings. The Morgan fingerprint density at radius 1 is 1.33 bits per heavy atom. The Morgan fingerprint density at radius 3 is 2.72 bits per heavy atom. The average Bonchev–Trinajstić information content (AvgIpc) is 2.32. The molecule has 18 heavy (non-hydrogen) atoms. The summed E-state index contributed by atoms with van der Waals surface area (Å²) in [5.74, 6) is 0.531. The lowest BCUT2D eigenvalue weighted by Gasteiger charge is -2.35. The highest BCUT2D eigenvalue weighted by atomic mass is 35.5. The molecule has 0 spiro atoms. The van der Waals surface area contributed by atoms with Gasteiger partial charge in [-0.25, -0.2) is 0 Å². The van der Waals surface area contributed by atoms with Gasteiger partial charge in [-0.2, -0.15) is 5.26 Å². The second-order valence-electron chi connectivity index (χ2n) is 5.04. The average molecular weight is 264 g/mol. The van der Waals surface area contributed by atoms with Crippen LogP contribution in [0.4, 0.5) is 0 Å². The highest BCUT2D eigenvalue weighted by molar-refractivity contribution is 6.30. The van der Waals surface area contributed by atoms with Crippen molar-refractivity contribution in [3.63, 3.8) is 0 Å². The minimum atomic E-state index is 0.185. The summed E-state index contributed by atoms with van der Waals surface area (Å²) in [6, 6.07) is 10.4. The molecule has 1 aromatic carbocycles. The summed E-state index contributed by atoms with van der Waals surface area (Å²) >= 11 is 5.88. The molecule has 3 nitrogen and oxygen atoms in total. The molecule has 1 fully saturated rings. The number of rotatable bonds is 3. The number of nitriles is 1. The van der Waals surface area contributed by atoms with Crippen LogP contribution in [0.5, 0.6) is 0 Å². The van der Waals surface area contributed by atoms with E-state index < -0.39 is 0 Å². The van der Waals surface area contributed by atoms with Gasteiger partial charge in [0.15, 0.2) is 0 Å². The zero-order valence-electron chi connectivity index (χ0n) is 10.3. The van der Waals surface area contributed by atoms with E-state index in [4.69, 9.17) is 22.6 Å². The lowest BCUT2D eigenvalue weighted by Crippen LogP contribution is -2.47. The van der Waals surface area contributed by atoms with Gasteiger partial charge in [-0.15, -0.1) is 0 Å². The summed E-state index contributed by atoms with van der Waals surface area (Å²) < 4.78 is 0. The predicted molar refractivity (Wildman–Crippen MR) is 73.3 cm³/mol. The van der Waals surface area contributed by atoms with E-state index in [0.717, 1.165) is 31.0 Å². The van der Waals surface area contributed by atoms with E-state index in [1.807, 2.05) is 12.1 Å². The monoisotopic (exact) mass is 263 g/mol. The maximum Gasteiger partial charge on any atom is 0.0866 e. The molecule has 0 amide bonds. The smallest absolute Gasteiger partial charge is 0.0866 e. The summed E-state index contributed by atoms with van der Waals surface area (Å²) in [7, 11) is 0. The van der Waals surface area contributed by atoms with Crippen molar-refractivity contribution in [3.05, 3.63) is 34.9 Å². The van der Waals surface area contributed by atoms with Crippen LogP contribution in [0.1, 0.15) is 12.0 Å². The van der Waals surface area contributed by atoms with Crippen molar-refractivity contribution in [2.45, 2.75) is 18.9 Å². The number of nitrogens with two attached hydrogens (primary N) is 1. The molecule has 1 saturated heterocycles. The molecule has 2 atom stereocenters. The summed E-state index contributed by atoms with van der Waals surface area (Å²) in [5.41, 5.74) is 7.34. The Labute approximate surface area is 113 Å². The predicted octanol–water partition coefficient (Wildman–Crippen LogP) is 2.06. The molecule has 4 heteroatoms. The van der Waals surface area contributed by atoms with Gasteiger partial charge in [-0.1, -0.05) is 23.7 Å². The van der Waals surface area contributed by atoms with Gasteiger partial charge in [0.05, 0.1) is 12.6 Å². The van der Waals surface area contributed by atoms with E-state index in [1.54, 1.807) is 0 Å².